The number of hydrogen-bond acceptors (Lipinski definition) is 2. The van der Waals surface area contributed by atoms with Crippen LogP contribution < -0.4 is 10.6 Å². The molecule has 2 amide bonds. The van der Waals surface area contributed by atoms with Crippen molar-refractivity contribution in [2.75, 3.05) is 0 Å². The van der Waals surface area contributed by atoms with Gasteiger partial charge in [0.05, 0.1) is 0 Å². The second-order valence-corrected chi connectivity index (χ2v) is 6.14. The molecule has 0 fully saturated rings. The summed E-state index contributed by atoms with van der Waals surface area (Å²) < 4.78 is 0.905. The molecule has 0 saturated heterocycles. The van der Waals surface area contributed by atoms with Gasteiger partial charge in [-0.05, 0) is 30.2 Å². The number of amides is 2. The lowest BCUT2D eigenvalue weighted by molar-refractivity contribution is -0.126. The molecule has 0 heterocycles. The van der Waals surface area contributed by atoms with Gasteiger partial charge in [-0.25, -0.2) is 0 Å². The molecule has 0 aliphatic heterocycles. The van der Waals surface area contributed by atoms with E-state index in [4.69, 9.17) is 0 Å². The predicted molar refractivity (Wildman–Crippen MR) is 99.1 cm³/mol. The molecule has 2 N–H and O–H groups in total. The van der Waals surface area contributed by atoms with Gasteiger partial charge in [-0.2, -0.15) is 0 Å². The summed E-state index contributed by atoms with van der Waals surface area (Å²) in [5.41, 5.74) is 1.91. The Morgan fingerprint density at radius 2 is 1.75 bits per heavy atom. The highest BCUT2D eigenvalue weighted by Crippen LogP contribution is 2.16. The third-order valence-electron chi connectivity index (χ3n) is 3.38. The van der Waals surface area contributed by atoms with E-state index >= 15 is 0 Å². The van der Waals surface area contributed by atoms with Crippen LogP contribution in [0.4, 0.5) is 0 Å². The first-order valence-corrected chi connectivity index (χ1v) is 8.40. The fourth-order valence-corrected chi connectivity index (χ4v) is 2.46. The first-order valence-electron chi connectivity index (χ1n) is 7.61. The van der Waals surface area contributed by atoms with Crippen molar-refractivity contribution in [2.45, 2.75) is 19.5 Å². The average Bonchev–Trinajstić information content (AvgIpc) is 2.59. The van der Waals surface area contributed by atoms with Gasteiger partial charge in [-0.3, -0.25) is 9.59 Å². The molecule has 4 nitrogen and oxygen atoms in total. The molecular formula is C19H19BrN2O2. The molecule has 124 valence electrons. The van der Waals surface area contributed by atoms with Gasteiger partial charge in [0.15, 0.2) is 0 Å². The van der Waals surface area contributed by atoms with Crippen LogP contribution in [0.2, 0.25) is 0 Å². The lowest BCUT2D eigenvalue weighted by Crippen LogP contribution is -2.44. The van der Waals surface area contributed by atoms with Gasteiger partial charge in [0.1, 0.15) is 6.04 Å². The number of benzene rings is 2. The zero-order chi connectivity index (χ0) is 17.4. The van der Waals surface area contributed by atoms with E-state index in [1.807, 2.05) is 54.6 Å². The summed E-state index contributed by atoms with van der Waals surface area (Å²) in [5, 5.41) is 5.45. The molecule has 0 aliphatic carbocycles. The van der Waals surface area contributed by atoms with Gasteiger partial charge in [0.2, 0.25) is 11.8 Å². The summed E-state index contributed by atoms with van der Waals surface area (Å²) in [6, 6.07) is 16.6. The van der Waals surface area contributed by atoms with Gasteiger partial charge in [-0.15, -0.1) is 0 Å². The van der Waals surface area contributed by atoms with Crippen LogP contribution >= 0.6 is 15.9 Å². The van der Waals surface area contributed by atoms with Gasteiger partial charge in [0, 0.05) is 17.1 Å². The lowest BCUT2D eigenvalue weighted by Gasteiger charge is -2.13. The summed E-state index contributed by atoms with van der Waals surface area (Å²) in [6.07, 6.45) is 3.12. The zero-order valence-electron chi connectivity index (χ0n) is 13.3. The van der Waals surface area contributed by atoms with Crippen LogP contribution in [0.5, 0.6) is 0 Å². The van der Waals surface area contributed by atoms with Crippen LogP contribution in [-0.2, 0) is 16.1 Å². The third kappa shape index (κ3) is 5.66. The molecule has 1 unspecified atom stereocenters. The van der Waals surface area contributed by atoms with Crippen LogP contribution in [0.15, 0.2) is 65.1 Å². The second kappa shape index (κ2) is 9.03. The van der Waals surface area contributed by atoms with Gasteiger partial charge >= 0.3 is 0 Å². The Morgan fingerprint density at radius 3 is 2.46 bits per heavy atom. The molecule has 5 heteroatoms. The molecule has 24 heavy (non-hydrogen) atoms. The highest BCUT2D eigenvalue weighted by molar-refractivity contribution is 9.10. The maximum absolute atomic E-state index is 12.0. The average molecular weight is 387 g/mol. The molecule has 0 bridgehead atoms. The Morgan fingerprint density at radius 1 is 1.08 bits per heavy atom. The van der Waals surface area contributed by atoms with E-state index < -0.39 is 6.04 Å². The predicted octanol–water partition coefficient (Wildman–Crippen LogP) is 3.28. The molecule has 0 aliphatic rings. The minimum Gasteiger partial charge on any atom is -0.350 e. The number of carbonyl (C=O) groups is 2. The van der Waals surface area contributed by atoms with E-state index in [9.17, 15) is 9.59 Å². The molecular weight excluding hydrogens is 368 g/mol. The molecule has 2 rings (SSSR count). The Balaban J connectivity index is 1.82. The summed E-state index contributed by atoms with van der Waals surface area (Å²) in [5.74, 6) is -0.533. The number of halogens is 1. The van der Waals surface area contributed by atoms with Crippen molar-refractivity contribution in [2.24, 2.45) is 0 Å². The Labute approximate surface area is 150 Å². The van der Waals surface area contributed by atoms with Crippen LogP contribution in [-0.4, -0.2) is 17.9 Å². The van der Waals surface area contributed by atoms with Crippen molar-refractivity contribution in [1.82, 2.24) is 10.6 Å². The molecule has 2 aromatic rings. The van der Waals surface area contributed by atoms with E-state index in [1.54, 1.807) is 13.0 Å². The van der Waals surface area contributed by atoms with Crippen LogP contribution in [0.3, 0.4) is 0 Å². The summed E-state index contributed by atoms with van der Waals surface area (Å²) >= 11 is 3.42. The van der Waals surface area contributed by atoms with Crippen molar-refractivity contribution in [3.8, 4) is 0 Å². The normalized spacial score (nSPS) is 11.9. The summed E-state index contributed by atoms with van der Waals surface area (Å²) in [6.45, 7) is 2.09. The molecule has 2 aromatic carbocycles. The smallest absolute Gasteiger partial charge is 0.244 e. The SMILES string of the molecule is CC(NC(=O)/C=C/c1ccccc1Br)C(=O)NCc1ccccc1. The highest BCUT2D eigenvalue weighted by Gasteiger charge is 2.13. The van der Waals surface area contributed by atoms with E-state index in [1.165, 1.54) is 6.08 Å². The largest absolute Gasteiger partial charge is 0.350 e. The fraction of sp³-hybridized carbons (Fsp3) is 0.158. The van der Waals surface area contributed by atoms with Crippen LogP contribution in [0, 0.1) is 0 Å². The van der Waals surface area contributed by atoms with E-state index in [-0.39, 0.29) is 11.8 Å². The van der Waals surface area contributed by atoms with Gasteiger partial charge in [0.25, 0.3) is 0 Å². The first kappa shape index (κ1) is 17.9. The highest BCUT2D eigenvalue weighted by atomic mass is 79.9. The standard InChI is InChI=1S/C19H19BrN2O2/c1-14(19(24)21-13-15-7-3-2-4-8-15)22-18(23)12-11-16-9-5-6-10-17(16)20/h2-12,14H,13H2,1H3,(H,21,24)(H,22,23)/b12-11+. The van der Waals surface area contributed by atoms with Crippen LogP contribution in [0.25, 0.3) is 6.08 Å². The third-order valence-corrected chi connectivity index (χ3v) is 4.10. The van der Waals surface area contributed by atoms with E-state index in [2.05, 4.69) is 26.6 Å². The van der Waals surface area contributed by atoms with Crippen molar-refractivity contribution in [3.05, 3.63) is 76.3 Å². The molecule has 1 atom stereocenters. The number of rotatable bonds is 6. The van der Waals surface area contributed by atoms with Crippen molar-refractivity contribution >= 4 is 33.8 Å². The van der Waals surface area contributed by atoms with Crippen molar-refractivity contribution < 1.29 is 9.59 Å². The monoisotopic (exact) mass is 386 g/mol. The van der Waals surface area contributed by atoms with E-state index in [0.29, 0.717) is 6.54 Å². The summed E-state index contributed by atoms with van der Waals surface area (Å²) in [7, 11) is 0. The molecule has 0 aromatic heterocycles. The molecule has 0 saturated carbocycles. The molecule has 0 spiro atoms. The minimum atomic E-state index is -0.606. The number of nitrogens with one attached hydrogen (secondary N) is 2. The number of hydrogen-bond donors (Lipinski definition) is 2. The number of carbonyl (C=O) groups excluding carboxylic acids is 2. The van der Waals surface area contributed by atoms with Crippen molar-refractivity contribution in [3.63, 3.8) is 0 Å². The fourth-order valence-electron chi connectivity index (χ4n) is 2.04. The van der Waals surface area contributed by atoms with Gasteiger partial charge < -0.3 is 10.6 Å². The zero-order valence-corrected chi connectivity index (χ0v) is 14.9. The van der Waals surface area contributed by atoms with Crippen molar-refractivity contribution in [1.29, 1.82) is 0 Å². The topological polar surface area (TPSA) is 58.2 Å². The minimum absolute atomic E-state index is 0.221. The quantitative estimate of drug-likeness (QED) is 0.748. The Hall–Kier alpha value is -2.40. The lowest BCUT2D eigenvalue weighted by atomic mass is 10.2. The van der Waals surface area contributed by atoms with Gasteiger partial charge in [-0.1, -0.05) is 64.5 Å². The molecule has 0 radical (unpaired) electrons. The maximum Gasteiger partial charge on any atom is 0.244 e. The van der Waals surface area contributed by atoms with Crippen LogP contribution in [0.1, 0.15) is 18.1 Å². The first-order chi connectivity index (χ1) is 11.6. The Bertz CT molecular complexity index is 729. The Kier molecular flexibility index (Phi) is 6.75. The summed E-state index contributed by atoms with van der Waals surface area (Å²) in [4.78, 5) is 23.9. The van der Waals surface area contributed by atoms with E-state index in [0.717, 1.165) is 15.6 Å². The second-order valence-electron chi connectivity index (χ2n) is 5.29. The maximum atomic E-state index is 12.0.